The molecule has 1 aromatic rings. The van der Waals surface area contributed by atoms with Crippen molar-refractivity contribution in [3.63, 3.8) is 0 Å². The van der Waals surface area contributed by atoms with E-state index in [2.05, 4.69) is 10.6 Å². The molecule has 0 aromatic heterocycles. The topological polar surface area (TPSA) is 111 Å². The van der Waals surface area contributed by atoms with Crippen molar-refractivity contribution in [1.29, 1.82) is 0 Å². The third-order valence-electron chi connectivity index (χ3n) is 4.56. The van der Waals surface area contributed by atoms with Gasteiger partial charge in [0.25, 0.3) is 11.6 Å². The Morgan fingerprint density at radius 2 is 1.93 bits per heavy atom. The first-order chi connectivity index (χ1) is 13.6. The molecule has 2 N–H and O–H groups in total. The second-order valence-electron chi connectivity index (χ2n) is 6.86. The minimum absolute atomic E-state index is 0.0558. The molecule has 29 heavy (non-hydrogen) atoms. The van der Waals surface area contributed by atoms with E-state index in [9.17, 15) is 32.9 Å². The van der Waals surface area contributed by atoms with E-state index < -0.39 is 46.9 Å². The Bertz CT molecular complexity index is 764. The van der Waals surface area contributed by atoms with Gasteiger partial charge in [0.1, 0.15) is 11.7 Å². The summed E-state index contributed by atoms with van der Waals surface area (Å²) in [5.74, 6) is -1.31. The average molecular weight is 417 g/mol. The molecule has 0 unspecified atom stereocenters. The van der Waals surface area contributed by atoms with Crippen LogP contribution in [-0.4, -0.2) is 35.5 Å². The number of hydrogen-bond acceptors (Lipinski definition) is 6. The molecule has 0 aliphatic heterocycles. The van der Waals surface area contributed by atoms with Gasteiger partial charge in [-0.2, -0.15) is 13.2 Å². The highest BCUT2D eigenvalue weighted by Crippen LogP contribution is 2.35. The fraction of sp³-hybridized carbons (Fsp3) is 0.556. The molecule has 1 saturated carbocycles. The number of benzene rings is 1. The van der Waals surface area contributed by atoms with Crippen LogP contribution in [0.1, 0.15) is 44.6 Å². The van der Waals surface area contributed by atoms with Crippen LogP contribution in [0.15, 0.2) is 18.2 Å². The molecule has 1 aliphatic rings. The van der Waals surface area contributed by atoms with E-state index in [0.29, 0.717) is 12.1 Å². The predicted octanol–water partition coefficient (Wildman–Crippen LogP) is 3.41. The molecular weight excluding hydrogens is 395 g/mol. The lowest BCUT2D eigenvalue weighted by Crippen LogP contribution is -2.40. The lowest BCUT2D eigenvalue weighted by atomic mass is 9.95. The van der Waals surface area contributed by atoms with Gasteiger partial charge in [-0.1, -0.05) is 19.3 Å². The van der Waals surface area contributed by atoms with Crippen molar-refractivity contribution >= 4 is 23.3 Å². The van der Waals surface area contributed by atoms with Crippen LogP contribution in [0.2, 0.25) is 0 Å². The first kappa shape index (κ1) is 22.4. The van der Waals surface area contributed by atoms with Gasteiger partial charge in [-0.05, 0) is 31.9 Å². The van der Waals surface area contributed by atoms with Gasteiger partial charge >= 0.3 is 12.1 Å². The molecule has 2 rings (SSSR count). The van der Waals surface area contributed by atoms with Crippen LogP contribution in [0.25, 0.3) is 0 Å². The molecule has 1 amide bonds. The number of alkyl halides is 3. The summed E-state index contributed by atoms with van der Waals surface area (Å²) in [4.78, 5) is 34.0. The van der Waals surface area contributed by atoms with Gasteiger partial charge in [0, 0.05) is 12.1 Å². The highest BCUT2D eigenvalue weighted by atomic mass is 19.4. The number of nitrogens with one attached hydrogen (secondary N) is 2. The van der Waals surface area contributed by atoms with Crippen molar-refractivity contribution in [2.45, 2.75) is 57.3 Å². The number of carbonyl (C=O) groups is 2. The van der Waals surface area contributed by atoms with Crippen LogP contribution < -0.4 is 10.6 Å². The molecule has 0 saturated heterocycles. The number of anilines is 1. The van der Waals surface area contributed by atoms with Crippen LogP contribution in [0.5, 0.6) is 0 Å². The summed E-state index contributed by atoms with van der Waals surface area (Å²) in [6.45, 7) is 0.819. The smallest absolute Gasteiger partial charge is 0.416 e. The molecule has 160 valence electrons. The number of amides is 1. The minimum Gasteiger partial charge on any atom is -0.454 e. The van der Waals surface area contributed by atoms with Gasteiger partial charge in [0.2, 0.25) is 0 Å². The van der Waals surface area contributed by atoms with E-state index in [-0.39, 0.29) is 11.7 Å². The zero-order valence-corrected chi connectivity index (χ0v) is 15.8. The van der Waals surface area contributed by atoms with E-state index in [4.69, 9.17) is 4.74 Å². The largest absolute Gasteiger partial charge is 0.454 e. The number of halogens is 3. The highest BCUT2D eigenvalue weighted by molar-refractivity contribution is 5.84. The Hall–Kier alpha value is -2.85. The van der Waals surface area contributed by atoms with Crippen LogP contribution in [0.3, 0.4) is 0 Å². The summed E-state index contributed by atoms with van der Waals surface area (Å²) >= 11 is 0. The summed E-state index contributed by atoms with van der Waals surface area (Å²) < 4.78 is 43.1. The van der Waals surface area contributed by atoms with E-state index in [1.54, 1.807) is 0 Å². The number of nitro benzene ring substituents is 1. The van der Waals surface area contributed by atoms with Crippen molar-refractivity contribution in [3.8, 4) is 0 Å². The van der Waals surface area contributed by atoms with Crippen molar-refractivity contribution in [2.75, 3.05) is 11.9 Å². The van der Waals surface area contributed by atoms with Crippen LogP contribution >= 0.6 is 0 Å². The Balaban J connectivity index is 1.93. The predicted molar refractivity (Wildman–Crippen MR) is 97.2 cm³/mol. The molecule has 1 aromatic carbocycles. The molecule has 11 heteroatoms. The van der Waals surface area contributed by atoms with Gasteiger partial charge in [0.15, 0.2) is 6.61 Å². The van der Waals surface area contributed by atoms with Gasteiger partial charge in [0.05, 0.1) is 10.5 Å². The maximum atomic E-state index is 12.7. The molecule has 0 bridgehead atoms. The molecule has 1 aliphatic carbocycles. The second kappa shape index (κ2) is 9.57. The van der Waals surface area contributed by atoms with Gasteiger partial charge in [-0.3, -0.25) is 14.9 Å². The van der Waals surface area contributed by atoms with Crippen molar-refractivity contribution in [3.05, 3.63) is 33.9 Å². The maximum absolute atomic E-state index is 12.7. The summed E-state index contributed by atoms with van der Waals surface area (Å²) in [7, 11) is 0. The van der Waals surface area contributed by atoms with E-state index in [1.807, 2.05) is 0 Å². The standard InChI is InChI=1S/C18H22F3N3O5/c1-11(17(26)29-10-16(25)23-13-5-3-2-4-6-13)22-14-8-7-12(18(19,20)21)9-15(14)24(27)28/h7-9,11,13,22H,2-6,10H2,1H3,(H,23,25)/t11-/m1/s1. The first-order valence-electron chi connectivity index (χ1n) is 9.16. The second-order valence-corrected chi connectivity index (χ2v) is 6.86. The quantitative estimate of drug-likeness (QED) is 0.400. The SMILES string of the molecule is C[C@@H](Nc1ccc(C(F)(F)F)cc1[N+](=O)[O-])C(=O)OCC(=O)NC1CCCCC1. The molecular formula is C18H22F3N3O5. The lowest BCUT2D eigenvalue weighted by Gasteiger charge is -2.22. The molecule has 8 nitrogen and oxygen atoms in total. The summed E-state index contributed by atoms with van der Waals surface area (Å²) in [5, 5.41) is 16.3. The zero-order chi connectivity index (χ0) is 21.6. The van der Waals surface area contributed by atoms with Crippen molar-refractivity contribution in [2.24, 2.45) is 0 Å². The maximum Gasteiger partial charge on any atom is 0.416 e. The Morgan fingerprint density at radius 3 is 2.52 bits per heavy atom. The summed E-state index contributed by atoms with van der Waals surface area (Å²) in [6, 6.07) is 0.872. The zero-order valence-electron chi connectivity index (χ0n) is 15.8. The summed E-state index contributed by atoms with van der Waals surface area (Å²) in [6.07, 6.45) is 0.180. The molecule has 1 atom stereocenters. The molecule has 1 fully saturated rings. The van der Waals surface area contributed by atoms with Crippen LogP contribution in [0, 0.1) is 10.1 Å². The number of nitro groups is 1. The minimum atomic E-state index is -4.74. The number of hydrogen-bond donors (Lipinski definition) is 2. The lowest BCUT2D eigenvalue weighted by molar-refractivity contribution is -0.384. The highest BCUT2D eigenvalue weighted by Gasteiger charge is 2.33. The Kier molecular flexibility index (Phi) is 7.40. The molecule has 0 heterocycles. The third-order valence-corrected chi connectivity index (χ3v) is 4.56. The van der Waals surface area contributed by atoms with Crippen LogP contribution in [0.4, 0.5) is 24.5 Å². The van der Waals surface area contributed by atoms with Crippen molar-refractivity contribution in [1.82, 2.24) is 5.32 Å². The number of ether oxygens (including phenoxy) is 1. The van der Waals surface area contributed by atoms with E-state index >= 15 is 0 Å². The molecule has 0 radical (unpaired) electrons. The Labute approximate surface area is 164 Å². The van der Waals surface area contributed by atoms with Gasteiger partial charge in [-0.15, -0.1) is 0 Å². The van der Waals surface area contributed by atoms with E-state index in [1.165, 1.54) is 6.92 Å². The van der Waals surface area contributed by atoms with Crippen LogP contribution in [-0.2, 0) is 20.5 Å². The van der Waals surface area contributed by atoms with Gasteiger partial charge < -0.3 is 15.4 Å². The van der Waals surface area contributed by atoms with Crippen molar-refractivity contribution < 1.29 is 32.4 Å². The normalized spacial score (nSPS) is 16.0. The monoisotopic (exact) mass is 417 g/mol. The van der Waals surface area contributed by atoms with E-state index in [0.717, 1.165) is 38.2 Å². The average Bonchev–Trinajstić information content (AvgIpc) is 2.66. The van der Waals surface area contributed by atoms with Gasteiger partial charge in [-0.25, -0.2) is 4.79 Å². The molecule has 0 spiro atoms. The first-order valence-corrected chi connectivity index (χ1v) is 9.16. The fourth-order valence-electron chi connectivity index (χ4n) is 3.05. The number of carbonyl (C=O) groups excluding carboxylic acids is 2. The summed E-state index contributed by atoms with van der Waals surface area (Å²) in [5.41, 5.74) is -2.27. The third kappa shape index (κ3) is 6.61. The fourth-order valence-corrected chi connectivity index (χ4v) is 3.05. The Morgan fingerprint density at radius 1 is 1.28 bits per heavy atom. The number of esters is 1. The number of rotatable bonds is 7. The number of nitrogens with zero attached hydrogens (tertiary/aromatic N) is 1.